The molecule has 13 heavy (non-hydrogen) atoms. The summed E-state index contributed by atoms with van der Waals surface area (Å²) in [5, 5.41) is 0. The Bertz CT molecular complexity index is 160. The second kappa shape index (κ2) is 6.50. The van der Waals surface area contributed by atoms with Crippen LogP contribution in [-0.2, 0) is 4.79 Å². The van der Waals surface area contributed by atoms with Gasteiger partial charge in [-0.15, -0.1) is 0 Å². The van der Waals surface area contributed by atoms with Gasteiger partial charge in [0.15, 0.2) is 4.84 Å². The van der Waals surface area contributed by atoms with Crippen molar-refractivity contribution in [1.82, 2.24) is 4.90 Å². The molecular formula is C9H17Cl2NO. The van der Waals surface area contributed by atoms with Crippen LogP contribution in [-0.4, -0.2) is 28.7 Å². The van der Waals surface area contributed by atoms with E-state index in [1.165, 1.54) is 0 Å². The minimum absolute atomic E-state index is 0.182. The first-order valence-electron chi connectivity index (χ1n) is 4.56. The lowest BCUT2D eigenvalue weighted by molar-refractivity contribution is -0.129. The van der Waals surface area contributed by atoms with Gasteiger partial charge in [-0.3, -0.25) is 4.79 Å². The van der Waals surface area contributed by atoms with Crippen LogP contribution in [0.5, 0.6) is 0 Å². The Balaban J connectivity index is 4.15. The minimum Gasteiger partial charge on any atom is -0.340 e. The van der Waals surface area contributed by atoms with Crippen LogP contribution in [0.2, 0.25) is 0 Å². The van der Waals surface area contributed by atoms with Crippen molar-refractivity contribution in [2.45, 2.75) is 32.0 Å². The van der Waals surface area contributed by atoms with Crippen LogP contribution in [0.25, 0.3) is 0 Å². The summed E-state index contributed by atoms with van der Waals surface area (Å²) in [7, 11) is 0. The van der Waals surface area contributed by atoms with E-state index in [-0.39, 0.29) is 5.91 Å². The van der Waals surface area contributed by atoms with Crippen molar-refractivity contribution >= 4 is 29.1 Å². The average molecular weight is 226 g/mol. The highest BCUT2D eigenvalue weighted by Crippen LogP contribution is 2.09. The fourth-order valence-corrected chi connectivity index (χ4v) is 1.42. The summed E-state index contributed by atoms with van der Waals surface area (Å²) in [5.41, 5.74) is 0. The molecule has 0 aliphatic rings. The van der Waals surface area contributed by atoms with Crippen LogP contribution in [0.3, 0.4) is 0 Å². The zero-order chi connectivity index (χ0) is 10.4. The predicted molar refractivity (Wildman–Crippen MR) is 57.2 cm³/mol. The smallest absolute Gasteiger partial charge is 0.255 e. The molecule has 0 spiro atoms. The number of carbonyl (C=O) groups excluding carboxylic acids is 1. The van der Waals surface area contributed by atoms with Crippen LogP contribution in [0.15, 0.2) is 0 Å². The molecular weight excluding hydrogens is 209 g/mol. The maximum absolute atomic E-state index is 11.4. The van der Waals surface area contributed by atoms with Gasteiger partial charge in [-0.1, -0.05) is 44.0 Å². The number of rotatable bonds is 5. The molecule has 0 aromatic carbocycles. The van der Waals surface area contributed by atoms with Crippen molar-refractivity contribution in [1.29, 1.82) is 0 Å². The van der Waals surface area contributed by atoms with E-state index in [0.29, 0.717) is 5.92 Å². The van der Waals surface area contributed by atoms with Gasteiger partial charge in [-0.05, 0) is 12.3 Å². The lowest BCUT2D eigenvalue weighted by Crippen LogP contribution is -2.38. The second-order valence-electron chi connectivity index (χ2n) is 3.48. The minimum atomic E-state index is -0.926. The van der Waals surface area contributed by atoms with Gasteiger partial charge >= 0.3 is 0 Å². The molecule has 0 rings (SSSR count). The van der Waals surface area contributed by atoms with Gasteiger partial charge in [0.05, 0.1) is 0 Å². The molecule has 0 saturated heterocycles. The van der Waals surface area contributed by atoms with Crippen LogP contribution in [0.4, 0.5) is 0 Å². The Hall–Kier alpha value is 0.0500. The molecule has 0 aliphatic carbocycles. The van der Waals surface area contributed by atoms with E-state index >= 15 is 0 Å². The Morgan fingerprint density at radius 1 is 1.38 bits per heavy atom. The van der Waals surface area contributed by atoms with Crippen LogP contribution >= 0.6 is 23.2 Å². The maximum atomic E-state index is 11.4. The molecule has 0 unspecified atom stereocenters. The Labute approximate surface area is 90.2 Å². The lowest BCUT2D eigenvalue weighted by Gasteiger charge is -2.24. The van der Waals surface area contributed by atoms with E-state index in [0.717, 1.165) is 19.5 Å². The summed E-state index contributed by atoms with van der Waals surface area (Å²) in [6.45, 7) is 7.61. The molecule has 0 bridgehead atoms. The van der Waals surface area contributed by atoms with Gasteiger partial charge in [-0.2, -0.15) is 0 Å². The Morgan fingerprint density at radius 2 is 1.92 bits per heavy atom. The summed E-state index contributed by atoms with van der Waals surface area (Å²) in [6.07, 6.45) is 0.930. The fourth-order valence-electron chi connectivity index (χ4n) is 1.14. The first-order valence-corrected chi connectivity index (χ1v) is 5.43. The van der Waals surface area contributed by atoms with E-state index in [4.69, 9.17) is 23.2 Å². The van der Waals surface area contributed by atoms with Gasteiger partial charge < -0.3 is 4.90 Å². The molecule has 1 amide bonds. The Morgan fingerprint density at radius 3 is 2.23 bits per heavy atom. The number of hydrogen-bond donors (Lipinski definition) is 0. The van der Waals surface area contributed by atoms with Gasteiger partial charge in [0.25, 0.3) is 5.91 Å². The van der Waals surface area contributed by atoms with Crippen molar-refractivity contribution < 1.29 is 4.79 Å². The quantitative estimate of drug-likeness (QED) is 0.660. The normalized spacial score (nSPS) is 11.0. The third kappa shape index (κ3) is 5.37. The first kappa shape index (κ1) is 13.1. The third-order valence-corrected chi connectivity index (χ3v) is 1.95. The maximum Gasteiger partial charge on any atom is 0.255 e. The van der Waals surface area contributed by atoms with Crippen molar-refractivity contribution in [3.63, 3.8) is 0 Å². The zero-order valence-corrected chi connectivity index (χ0v) is 9.90. The van der Waals surface area contributed by atoms with Crippen LogP contribution in [0.1, 0.15) is 27.2 Å². The molecule has 78 valence electrons. The fraction of sp³-hybridized carbons (Fsp3) is 0.889. The molecule has 0 aromatic heterocycles. The van der Waals surface area contributed by atoms with E-state index in [9.17, 15) is 4.79 Å². The molecule has 0 aliphatic heterocycles. The van der Waals surface area contributed by atoms with Crippen LogP contribution in [0, 0.1) is 5.92 Å². The van der Waals surface area contributed by atoms with E-state index in [1.54, 1.807) is 4.90 Å². The molecule has 4 heteroatoms. The summed E-state index contributed by atoms with van der Waals surface area (Å²) in [4.78, 5) is 12.2. The highest BCUT2D eigenvalue weighted by molar-refractivity contribution is 6.53. The molecule has 0 heterocycles. The molecule has 0 radical (unpaired) electrons. The molecule has 0 fully saturated rings. The number of alkyl halides is 2. The molecule has 2 nitrogen and oxygen atoms in total. The summed E-state index contributed by atoms with van der Waals surface area (Å²) >= 11 is 11.0. The van der Waals surface area contributed by atoms with Gasteiger partial charge in [0.2, 0.25) is 0 Å². The summed E-state index contributed by atoms with van der Waals surface area (Å²) in [6, 6.07) is 0. The van der Waals surface area contributed by atoms with Crippen molar-refractivity contribution in [2.75, 3.05) is 13.1 Å². The Kier molecular flexibility index (Phi) is 6.52. The SMILES string of the molecule is CCCN(CC(C)C)C(=O)C(Cl)Cl. The molecule has 0 aromatic rings. The standard InChI is InChI=1S/C9H17Cl2NO/c1-4-5-12(6-7(2)3)9(13)8(10)11/h7-8H,4-6H2,1-3H3. The molecule has 0 N–H and O–H groups in total. The molecule has 0 atom stereocenters. The number of hydrogen-bond acceptors (Lipinski definition) is 1. The van der Waals surface area contributed by atoms with Gasteiger partial charge in [0.1, 0.15) is 0 Å². The summed E-state index contributed by atoms with van der Waals surface area (Å²) < 4.78 is 0. The van der Waals surface area contributed by atoms with Gasteiger partial charge in [0, 0.05) is 13.1 Å². The van der Waals surface area contributed by atoms with E-state index in [2.05, 4.69) is 13.8 Å². The topological polar surface area (TPSA) is 20.3 Å². The molecule has 0 saturated carbocycles. The lowest BCUT2D eigenvalue weighted by atomic mass is 10.2. The number of halogens is 2. The largest absolute Gasteiger partial charge is 0.340 e. The number of amides is 1. The number of carbonyl (C=O) groups is 1. The van der Waals surface area contributed by atoms with E-state index in [1.807, 2.05) is 6.92 Å². The van der Waals surface area contributed by atoms with Gasteiger partial charge in [-0.25, -0.2) is 0 Å². The highest BCUT2D eigenvalue weighted by Gasteiger charge is 2.19. The van der Waals surface area contributed by atoms with Crippen molar-refractivity contribution in [3.05, 3.63) is 0 Å². The van der Waals surface area contributed by atoms with Crippen molar-refractivity contribution in [2.24, 2.45) is 5.92 Å². The zero-order valence-electron chi connectivity index (χ0n) is 8.39. The monoisotopic (exact) mass is 225 g/mol. The third-order valence-electron chi connectivity index (χ3n) is 1.58. The first-order chi connectivity index (χ1) is 5.99. The second-order valence-corrected chi connectivity index (χ2v) is 4.58. The predicted octanol–water partition coefficient (Wildman–Crippen LogP) is 2.68. The summed E-state index contributed by atoms with van der Waals surface area (Å²) in [5.74, 6) is 0.265. The van der Waals surface area contributed by atoms with Crippen LogP contribution < -0.4 is 0 Å². The highest BCUT2D eigenvalue weighted by atomic mass is 35.5. The van der Waals surface area contributed by atoms with Crippen molar-refractivity contribution in [3.8, 4) is 0 Å². The van der Waals surface area contributed by atoms with E-state index < -0.39 is 4.84 Å². The number of nitrogens with zero attached hydrogens (tertiary/aromatic N) is 1. The average Bonchev–Trinajstić information content (AvgIpc) is 2.01.